The molecule has 1 saturated heterocycles. The Balaban J connectivity index is 2.07. The molecule has 1 fully saturated rings. The fourth-order valence-corrected chi connectivity index (χ4v) is 1.89. The van der Waals surface area contributed by atoms with Crippen molar-refractivity contribution in [1.82, 2.24) is 5.32 Å². The first kappa shape index (κ1) is 11.4. The molecule has 0 aromatic heterocycles. The molecule has 0 bridgehead atoms. The van der Waals surface area contributed by atoms with Gasteiger partial charge in [-0.25, -0.2) is 4.39 Å². The summed E-state index contributed by atoms with van der Waals surface area (Å²) in [6.45, 7) is 0.829. The first-order valence-electron chi connectivity index (χ1n) is 5.16. The highest BCUT2D eigenvalue weighted by Crippen LogP contribution is 2.20. The molecule has 16 heavy (non-hydrogen) atoms. The van der Waals surface area contributed by atoms with Crippen molar-refractivity contribution in [3.05, 3.63) is 29.0 Å². The summed E-state index contributed by atoms with van der Waals surface area (Å²) in [5.74, 6) is -0.686. The summed E-state index contributed by atoms with van der Waals surface area (Å²) in [5.41, 5.74) is 0.131. The van der Waals surface area contributed by atoms with Crippen molar-refractivity contribution in [2.45, 2.75) is 18.9 Å². The molecule has 1 heterocycles. The smallest absolute Gasteiger partial charge is 0.241 e. The largest absolute Gasteiger partial charge is 0.322 e. The monoisotopic (exact) mass is 242 g/mol. The standard InChI is InChI=1S/C11H12ClFN2O/c12-7-3-4-8(13)10(6-7)15-11(16)9-2-1-5-14-9/h3-4,6,9,14H,1-2,5H2,(H,15,16)/t9-/m0/s1. The fraction of sp³-hybridized carbons (Fsp3) is 0.364. The predicted molar refractivity (Wildman–Crippen MR) is 61.1 cm³/mol. The minimum absolute atomic E-state index is 0.131. The van der Waals surface area contributed by atoms with E-state index in [9.17, 15) is 9.18 Å². The number of hydrogen-bond acceptors (Lipinski definition) is 2. The van der Waals surface area contributed by atoms with Crippen LogP contribution in [0, 0.1) is 5.82 Å². The Morgan fingerprint density at radius 3 is 3.06 bits per heavy atom. The van der Waals surface area contributed by atoms with E-state index >= 15 is 0 Å². The van der Waals surface area contributed by atoms with Crippen LogP contribution in [0.1, 0.15) is 12.8 Å². The lowest BCUT2D eigenvalue weighted by molar-refractivity contribution is -0.117. The minimum atomic E-state index is -0.476. The zero-order valence-corrected chi connectivity index (χ0v) is 9.35. The molecule has 0 aliphatic carbocycles. The van der Waals surface area contributed by atoms with E-state index in [1.165, 1.54) is 18.2 Å². The van der Waals surface area contributed by atoms with E-state index in [-0.39, 0.29) is 17.6 Å². The molecule has 0 radical (unpaired) electrons. The van der Waals surface area contributed by atoms with E-state index in [2.05, 4.69) is 10.6 Å². The van der Waals surface area contributed by atoms with E-state index in [0.717, 1.165) is 19.4 Å². The molecule has 2 N–H and O–H groups in total. The third kappa shape index (κ3) is 2.51. The van der Waals surface area contributed by atoms with Crippen molar-refractivity contribution in [3.8, 4) is 0 Å². The summed E-state index contributed by atoms with van der Waals surface area (Å²) in [7, 11) is 0. The van der Waals surface area contributed by atoms with Crippen LogP contribution in [0.15, 0.2) is 18.2 Å². The number of halogens is 2. The van der Waals surface area contributed by atoms with Crippen LogP contribution in [0.25, 0.3) is 0 Å². The second kappa shape index (κ2) is 4.80. The van der Waals surface area contributed by atoms with Crippen molar-refractivity contribution < 1.29 is 9.18 Å². The van der Waals surface area contributed by atoms with Gasteiger partial charge in [-0.15, -0.1) is 0 Å². The number of rotatable bonds is 2. The van der Waals surface area contributed by atoms with Crippen LogP contribution in [0.5, 0.6) is 0 Å². The maximum absolute atomic E-state index is 13.3. The molecule has 1 aliphatic rings. The molecular formula is C11H12ClFN2O. The van der Waals surface area contributed by atoms with Crippen LogP contribution >= 0.6 is 11.6 Å². The summed E-state index contributed by atoms with van der Waals surface area (Å²) in [4.78, 5) is 11.7. The number of carbonyl (C=O) groups is 1. The van der Waals surface area contributed by atoms with Crippen molar-refractivity contribution in [2.24, 2.45) is 0 Å². The van der Waals surface area contributed by atoms with Crippen LogP contribution in [0.3, 0.4) is 0 Å². The SMILES string of the molecule is O=C(Nc1cc(Cl)ccc1F)[C@@H]1CCCN1. The molecule has 2 rings (SSSR count). The van der Waals surface area contributed by atoms with Crippen LogP contribution in [0.2, 0.25) is 5.02 Å². The lowest BCUT2D eigenvalue weighted by atomic mass is 10.2. The maximum atomic E-state index is 13.3. The predicted octanol–water partition coefficient (Wildman–Crippen LogP) is 2.17. The highest BCUT2D eigenvalue weighted by atomic mass is 35.5. The molecule has 0 saturated carbocycles. The summed E-state index contributed by atoms with van der Waals surface area (Å²) in [6, 6.07) is 3.86. The first-order chi connectivity index (χ1) is 7.66. The summed E-state index contributed by atoms with van der Waals surface area (Å²) in [6.07, 6.45) is 1.75. The Kier molecular flexibility index (Phi) is 3.41. The van der Waals surface area contributed by atoms with Gasteiger partial charge in [-0.05, 0) is 37.6 Å². The number of benzene rings is 1. The Morgan fingerprint density at radius 2 is 2.38 bits per heavy atom. The van der Waals surface area contributed by atoms with Gasteiger partial charge in [0, 0.05) is 5.02 Å². The fourth-order valence-electron chi connectivity index (χ4n) is 1.72. The Bertz CT molecular complexity index is 405. The van der Waals surface area contributed by atoms with Crippen LogP contribution in [-0.4, -0.2) is 18.5 Å². The summed E-state index contributed by atoms with van der Waals surface area (Å²) >= 11 is 5.73. The van der Waals surface area contributed by atoms with Crippen molar-refractivity contribution in [1.29, 1.82) is 0 Å². The number of hydrogen-bond donors (Lipinski definition) is 2. The van der Waals surface area contributed by atoms with Crippen molar-refractivity contribution in [3.63, 3.8) is 0 Å². The normalized spacial score (nSPS) is 19.8. The van der Waals surface area contributed by atoms with Crippen molar-refractivity contribution >= 4 is 23.2 Å². The summed E-state index contributed by atoms with van der Waals surface area (Å²) in [5, 5.41) is 5.97. The lowest BCUT2D eigenvalue weighted by Gasteiger charge is -2.11. The molecule has 5 heteroatoms. The molecular weight excluding hydrogens is 231 g/mol. The Labute approximate surface area is 98.0 Å². The second-order valence-corrected chi connectivity index (χ2v) is 4.20. The molecule has 1 amide bonds. The minimum Gasteiger partial charge on any atom is -0.322 e. The lowest BCUT2D eigenvalue weighted by Crippen LogP contribution is -2.35. The van der Waals surface area contributed by atoms with Gasteiger partial charge in [-0.3, -0.25) is 4.79 Å². The topological polar surface area (TPSA) is 41.1 Å². The maximum Gasteiger partial charge on any atom is 0.241 e. The average Bonchev–Trinajstić information content (AvgIpc) is 2.76. The molecule has 1 aliphatic heterocycles. The molecule has 1 aromatic rings. The summed E-state index contributed by atoms with van der Waals surface area (Å²) < 4.78 is 13.3. The molecule has 3 nitrogen and oxygen atoms in total. The zero-order valence-electron chi connectivity index (χ0n) is 8.59. The van der Waals surface area contributed by atoms with Gasteiger partial charge in [0.05, 0.1) is 11.7 Å². The highest BCUT2D eigenvalue weighted by molar-refractivity contribution is 6.30. The van der Waals surface area contributed by atoms with Gasteiger partial charge < -0.3 is 10.6 Å². The molecule has 0 spiro atoms. The third-order valence-corrected chi connectivity index (χ3v) is 2.80. The van der Waals surface area contributed by atoms with Gasteiger partial charge >= 0.3 is 0 Å². The van der Waals surface area contributed by atoms with Crippen LogP contribution < -0.4 is 10.6 Å². The number of amides is 1. The van der Waals surface area contributed by atoms with Gasteiger partial charge in [-0.2, -0.15) is 0 Å². The average molecular weight is 243 g/mol. The highest BCUT2D eigenvalue weighted by Gasteiger charge is 2.22. The van der Waals surface area contributed by atoms with E-state index in [4.69, 9.17) is 11.6 Å². The van der Waals surface area contributed by atoms with E-state index in [0.29, 0.717) is 5.02 Å². The molecule has 0 unspecified atom stereocenters. The third-order valence-electron chi connectivity index (χ3n) is 2.56. The Morgan fingerprint density at radius 1 is 1.56 bits per heavy atom. The number of carbonyl (C=O) groups excluding carboxylic acids is 1. The van der Waals surface area contributed by atoms with Gasteiger partial charge in [-0.1, -0.05) is 11.6 Å². The van der Waals surface area contributed by atoms with Gasteiger partial charge in [0.1, 0.15) is 5.82 Å². The molecule has 1 aromatic carbocycles. The van der Waals surface area contributed by atoms with E-state index in [1.807, 2.05) is 0 Å². The quantitative estimate of drug-likeness (QED) is 0.835. The van der Waals surface area contributed by atoms with E-state index in [1.54, 1.807) is 0 Å². The first-order valence-corrected chi connectivity index (χ1v) is 5.54. The van der Waals surface area contributed by atoms with Gasteiger partial charge in [0.2, 0.25) is 5.91 Å². The molecule has 1 atom stereocenters. The number of nitrogens with one attached hydrogen (secondary N) is 2. The van der Waals surface area contributed by atoms with Crippen LogP contribution in [0.4, 0.5) is 10.1 Å². The zero-order chi connectivity index (χ0) is 11.5. The second-order valence-electron chi connectivity index (χ2n) is 3.76. The number of anilines is 1. The van der Waals surface area contributed by atoms with E-state index < -0.39 is 5.82 Å². The molecule has 86 valence electrons. The van der Waals surface area contributed by atoms with Gasteiger partial charge in [0.25, 0.3) is 0 Å². The van der Waals surface area contributed by atoms with Gasteiger partial charge in [0.15, 0.2) is 0 Å². The van der Waals surface area contributed by atoms with Crippen LogP contribution in [-0.2, 0) is 4.79 Å². The van der Waals surface area contributed by atoms with Crippen molar-refractivity contribution in [2.75, 3.05) is 11.9 Å². The Hall–Kier alpha value is -1.13.